The Morgan fingerprint density at radius 1 is 1.30 bits per heavy atom. The number of benzene rings is 1. The van der Waals surface area contributed by atoms with Crippen LogP contribution < -0.4 is 10.6 Å². The first-order valence-electron chi connectivity index (χ1n) is 7.10. The molecule has 1 amide bonds. The van der Waals surface area contributed by atoms with E-state index < -0.39 is 0 Å². The second-order valence-electron chi connectivity index (χ2n) is 5.17. The van der Waals surface area contributed by atoms with Crippen molar-refractivity contribution in [3.63, 3.8) is 0 Å². The molecule has 2 rings (SSSR count). The smallest absolute Gasteiger partial charge is 0.254 e. The average Bonchev–Trinajstić information content (AvgIpc) is 2.55. The molecular weight excluding hydrogens is 292 g/mol. The molecule has 0 bridgehead atoms. The van der Waals surface area contributed by atoms with E-state index in [1.165, 1.54) is 12.4 Å². The Morgan fingerprint density at radius 3 is 2.70 bits per heavy atom. The van der Waals surface area contributed by atoms with E-state index >= 15 is 0 Å². The number of likely N-dealkylation sites (N-methyl/N-ethyl adjacent to an activating group) is 1. The zero-order valence-corrected chi connectivity index (χ0v) is 13.1. The molecule has 7 nitrogen and oxygen atoms in total. The summed E-state index contributed by atoms with van der Waals surface area (Å²) in [4.78, 5) is 22.1. The lowest BCUT2D eigenvalue weighted by Gasteiger charge is -2.10. The van der Waals surface area contributed by atoms with Crippen LogP contribution in [0.15, 0.2) is 36.7 Å². The summed E-state index contributed by atoms with van der Waals surface area (Å²) in [5.41, 5.74) is 1.67. The third-order valence-corrected chi connectivity index (χ3v) is 3.01. The van der Waals surface area contributed by atoms with Crippen molar-refractivity contribution in [2.24, 2.45) is 0 Å². The highest BCUT2D eigenvalue weighted by Crippen LogP contribution is 2.14. The number of carbonyl (C=O) groups is 1. The van der Waals surface area contributed by atoms with Crippen molar-refractivity contribution in [1.82, 2.24) is 20.2 Å². The number of anilines is 2. The molecule has 0 spiro atoms. The summed E-state index contributed by atoms with van der Waals surface area (Å²) in [6, 6.07) is 9.07. The van der Waals surface area contributed by atoms with Crippen molar-refractivity contribution in [3.05, 3.63) is 47.8 Å². The van der Waals surface area contributed by atoms with Crippen LogP contribution in [-0.4, -0.2) is 48.0 Å². The first kappa shape index (κ1) is 16.4. The lowest BCUT2D eigenvalue weighted by Crippen LogP contribution is -2.31. The van der Waals surface area contributed by atoms with Gasteiger partial charge in [0, 0.05) is 31.2 Å². The number of nitrogens with one attached hydrogen (secondary N) is 2. The minimum Gasteiger partial charge on any atom is -0.351 e. The monoisotopic (exact) mass is 310 g/mol. The zero-order chi connectivity index (χ0) is 16.7. The third-order valence-electron chi connectivity index (χ3n) is 3.01. The van der Waals surface area contributed by atoms with Gasteiger partial charge in [-0.1, -0.05) is 6.07 Å². The molecule has 23 heavy (non-hydrogen) atoms. The van der Waals surface area contributed by atoms with E-state index in [0.717, 1.165) is 6.54 Å². The molecule has 0 saturated heterocycles. The van der Waals surface area contributed by atoms with E-state index in [1.54, 1.807) is 18.2 Å². The van der Waals surface area contributed by atoms with Gasteiger partial charge in [-0.05, 0) is 32.3 Å². The minimum atomic E-state index is -0.204. The average molecular weight is 310 g/mol. The highest BCUT2D eigenvalue weighted by Gasteiger charge is 2.07. The van der Waals surface area contributed by atoms with E-state index in [4.69, 9.17) is 5.26 Å². The molecule has 1 aromatic carbocycles. The summed E-state index contributed by atoms with van der Waals surface area (Å²) >= 11 is 0. The fourth-order valence-corrected chi connectivity index (χ4v) is 1.80. The normalized spacial score (nSPS) is 10.2. The highest BCUT2D eigenvalue weighted by atomic mass is 16.1. The summed E-state index contributed by atoms with van der Waals surface area (Å²) in [6.45, 7) is 1.33. The van der Waals surface area contributed by atoms with Crippen LogP contribution in [0.5, 0.6) is 0 Å². The summed E-state index contributed by atoms with van der Waals surface area (Å²) in [6.07, 6.45) is 2.93. The minimum absolute atomic E-state index is 0.204. The molecule has 118 valence electrons. The molecule has 1 aromatic heterocycles. The number of aromatic nitrogens is 2. The Bertz CT molecular complexity index is 705. The maximum absolute atomic E-state index is 11.9. The van der Waals surface area contributed by atoms with Crippen LogP contribution in [-0.2, 0) is 0 Å². The van der Waals surface area contributed by atoms with Gasteiger partial charge in [-0.25, -0.2) is 9.97 Å². The molecule has 2 N–H and O–H groups in total. The Balaban J connectivity index is 1.96. The van der Waals surface area contributed by atoms with Crippen molar-refractivity contribution in [2.75, 3.05) is 32.5 Å². The second kappa shape index (κ2) is 7.87. The Labute approximate surface area is 135 Å². The van der Waals surface area contributed by atoms with E-state index in [2.05, 4.69) is 26.7 Å². The largest absolute Gasteiger partial charge is 0.351 e. The van der Waals surface area contributed by atoms with Gasteiger partial charge in [-0.3, -0.25) is 4.79 Å². The highest BCUT2D eigenvalue weighted by molar-refractivity contribution is 5.93. The standard InChI is InChI=1S/C16H18N6O/c1-22(2)7-6-18-15(23)13-10-19-16(20-11-13)21-14-5-3-4-12(8-14)9-17/h3-5,8,10-11H,6-7H2,1-2H3,(H,18,23)(H,19,20,21). The van der Waals surface area contributed by atoms with Crippen LogP contribution >= 0.6 is 0 Å². The summed E-state index contributed by atoms with van der Waals surface area (Å²) in [5, 5.41) is 14.7. The van der Waals surface area contributed by atoms with Crippen molar-refractivity contribution < 1.29 is 4.79 Å². The summed E-state index contributed by atoms with van der Waals surface area (Å²) in [5.74, 6) is 0.162. The first-order valence-corrected chi connectivity index (χ1v) is 7.10. The van der Waals surface area contributed by atoms with Gasteiger partial charge in [-0.2, -0.15) is 5.26 Å². The molecule has 0 unspecified atom stereocenters. The Kier molecular flexibility index (Phi) is 5.61. The SMILES string of the molecule is CN(C)CCNC(=O)c1cnc(Nc2cccc(C#N)c2)nc1. The van der Waals surface area contributed by atoms with Crippen LogP contribution in [0.1, 0.15) is 15.9 Å². The topological polar surface area (TPSA) is 93.9 Å². The van der Waals surface area contributed by atoms with Crippen LogP contribution in [0.25, 0.3) is 0 Å². The second-order valence-corrected chi connectivity index (χ2v) is 5.17. The molecule has 1 heterocycles. The molecule has 0 saturated carbocycles. The molecule has 0 aliphatic rings. The van der Waals surface area contributed by atoms with Gasteiger partial charge >= 0.3 is 0 Å². The Morgan fingerprint density at radius 2 is 2.04 bits per heavy atom. The summed E-state index contributed by atoms with van der Waals surface area (Å²) in [7, 11) is 3.88. The quantitative estimate of drug-likeness (QED) is 0.837. The van der Waals surface area contributed by atoms with E-state index in [1.807, 2.05) is 25.1 Å². The van der Waals surface area contributed by atoms with Gasteiger partial charge < -0.3 is 15.5 Å². The number of carbonyl (C=O) groups excluding carboxylic acids is 1. The van der Waals surface area contributed by atoms with Gasteiger partial charge in [0.05, 0.1) is 17.2 Å². The number of rotatable bonds is 6. The molecular formula is C16H18N6O. The predicted molar refractivity (Wildman–Crippen MR) is 87.4 cm³/mol. The van der Waals surface area contributed by atoms with Crippen LogP contribution in [0.2, 0.25) is 0 Å². The molecule has 0 aliphatic heterocycles. The van der Waals surface area contributed by atoms with Gasteiger partial charge in [0.15, 0.2) is 0 Å². The van der Waals surface area contributed by atoms with Crippen LogP contribution in [0.4, 0.5) is 11.6 Å². The van der Waals surface area contributed by atoms with Crippen LogP contribution in [0.3, 0.4) is 0 Å². The van der Waals surface area contributed by atoms with E-state index in [-0.39, 0.29) is 5.91 Å². The fraction of sp³-hybridized carbons (Fsp3) is 0.250. The molecule has 0 radical (unpaired) electrons. The molecule has 0 aliphatic carbocycles. The molecule has 7 heteroatoms. The Hall–Kier alpha value is -2.98. The van der Waals surface area contributed by atoms with Crippen molar-refractivity contribution in [2.45, 2.75) is 0 Å². The molecule has 2 aromatic rings. The number of nitrogens with zero attached hydrogens (tertiary/aromatic N) is 4. The maximum atomic E-state index is 11.9. The van der Waals surface area contributed by atoms with E-state index in [9.17, 15) is 4.79 Å². The van der Waals surface area contributed by atoms with Gasteiger partial charge in [0.1, 0.15) is 0 Å². The molecule has 0 atom stereocenters. The van der Waals surface area contributed by atoms with Crippen molar-refractivity contribution in [1.29, 1.82) is 5.26 Å². The van der Waals surface area contributed by atoms with E-state index in [0.29, 0.717) is 29.3 Å². The third kappa shape index (κ3) is 5.05. The number of hydrogen-bond acceptors (Lipinski definition) is 6. The first-order chi connectivity index (χ1) is 11.1. The van der Waals surface area contributed by atoms with Crippen molar-refractivity contribution >= 4 is 17.5 Å². The van der Waals surface area contributed by atoms with Gasteiger partial charge in [0.25, 0.3) is 5.91 Å². The number of hydrogen-bond donors (Lipinski definition) is 2. The zero-order valence-electron chi connectivity index (χ0n) is 13.1. The number of nitriles is 1. The summed E-state index contributed by atoms with van der Waals surface area (Å²) < 4.78 is 0. The maximum Gasteiger partial charge on any atom is 0.254 e. The van der Waals surface area contributed by atoms with Crippen molar-refractivity contribution in [3.8, 4) is 6.07 Å². The van der Waals surface area contributed by atoms with Gasteiger partial charge in [-0.15, -0.1) is 0 Å². The van der Waals surface area contributed by atoms with Gasteiger partial charge in [0.2, 0.25) is 5.95 Å². The lowest BCUT2D eigenvalue weighted by molar-refractivity contribution is 0.0950. The fourth-order valence-electron chi connectivity index (χ4n) is 1.80. The number of amides is 1. The molecule has 0 fully saturated rings. The van der Waals surface area contributed by atoms with Crippen LogP contribution in [0, 0.1) is 11.3 Å². The predicted octanol–water partition coefficient (Wildman–Crippen LogP) is 1.38. The lowest BCUT2D eigenvalue weighted by atomic mass is 10.2.